The SMILES string of the molecule is CCCCCCCCCCCCCCCCCCC(=O)OCCCCCCCCCCCCCCCCCCCCCCCCCCCCC(=O)NC(CO)C(O)CCCCCCCCCCCCCCC. The summed E-state index contributed by atoms with van der Waals surface area (Å²) in [6, 6.07) is -0.538. The van der Waals surface area contributed by atoms with E-state index < -0.39 is 12.1 Å². The van der Waals surface area contributed by atoms with Gasteiger partial charge in [0, 0.05) is 12.8 Å². The number of nitrogens with one attached hydrogen (secondary N) is 1. The number of hydrogen-bond donors (Lipinski definition) is 3. The van der Waals surface area contributed by atoms with Crippen molar-refractivity contribution in [2.24, 2.45) is 0 Å². The van der Waals surface area contributed by atoms with Gasteiger partial charge in [0.05, 0.1) is 25.4 Å². The second-order valence-electron chi connectivity index (χ2n) is 23.2. The average Bonchev–Trinajstić information content (AvgIpc) is 3.38. The van der Waals surface area contributed by atoms with Gasteiger partial charge in [0.2, 0.25) is 5.91 Å². The molecule has 0 saturated heterocycles. The van der Waals surface area contributed by atoms with E-state index in [1.807, 2.05) is 0 Å². The van der Waals surface area contributed by atoms with E-state index in [1.54, 1.807) is 0 Å². The Morgan fingerprint density at radius 3 is 0.847 bits per heavy atom. The molecule has 2 unspecified atom stereocenters. The maximum atomic E-state index is 12.5. The highest BCUT2D eigenvalue weighted by Crippen LogP contribution is 2.19. The van der Waals surface area contributed by atoms with Crippen LogP contribution in [0.5, 0.6) is 0 Å². The van der Waals surface area contributed by atoms with Crippen LogP contribution in [0.2, 0.25) is 0 Å². The Hall–Kier alpha value is -1.14. The van der Waals surface area contributed by atoms with E-state index in [1.165, 1.54) is 315 Å². The second-order valence-corrected chi connectivity index (χ2v) is 23.2. The van der Waals surface area contributed by atoms with Crippen molar-refractivity contribution in [2.45, 2.75) is 398 Å². The fourth-order valence-electron chi connectivity index (χ4n) is 10.8. The summed E-state index contributed by atoms with van der Waals surface area (Å²) in [6.45, 7) is 4.99. The van der Waals surface area contributed by atoms with Crippen molar-refractivity contribution in [2.75, 3.05) is 13.2 Å². The number of rotatable bonds is 63. The Morgan fingerprint density at radius 1 is 0.333 bits per heavy atom. The number of ether oxygens (including phenoxy) is 1. The number of aliphatic hydroxyl groups is 2. The van der Waals surface area contributed by atoms with Gasteiger partial charge in [0.25, 0.3) is 0 Å². The molecule has 6 heteroatoms. The van der Waals surface area contributed by atoms with Gasteiger partial charge in [-0.05, 0) is 25.7 Å². The van der Waals surface area contributed by atoms with Gasteiger partial charge < -0.3 is 20.3 Å². The van der Waals surface area contributed by atoms with Crippen molar-refractivity contribution in [3.05, 3.63) is 0 Å². The van der Waals surface area contributed by atoms with E-state index in [4.69, 9.17) is 4.74 Å². The van der Waals surface area contributed by atoms with Crippen LogP contribution >= 0.6 is 0 Å². The molecule has 0 aliphatic heterocycles. The van der Waals surface area contributed by atoms with Crippen LogP contribution in [0.15, 0.2) is 0 Å². The third kappa shape index (κ3) is 58.1. The van der Waals surface area contributed by atoms with Gasteiger partial charge in [0.1, 0.15) is 0 Å². The molecule has 0 aliphatic carbocycles. The van der Waals surface area contributed by atoms with Crippen LogP contribution in [0, 0.1) is 0 Å². The lowest BCUT2D eigenvalue weighted by Gasteiger charge is -2.22. The van der Waals surface area contributed by atoms with Gasteiger partial charge in [-0.1, -0.05) is 348 Å². The molecule has 72 heavy (non-hydrogen) atoms. The maximum Gasteiger partial charge on any atom is 0.305 e. The Balaban J connectivity index is 3.31. The average molecular weight is 1020 g/mol. The smallest absolute Gasteiger partial charge is 0.305 e. The highest BCUT2D eigenvalue weighted by atomic mass is 16.5. The number of aliphatic hydroxyl groups excluding tert-OH is 2. The van der Waals surface area contributed by atoms with E-state index in [9.17, 15) is 19.8 Å². The Kier molecular flexibility index (Phi) is 61.4. The first-order chi connectivity index (χ1) is 35.5. The van der Waals surface area contributed by atoms with Gasteiger partial charge >= 0.3 is 5.97 Å². The van der Waals surface area contributed by atoms with Crippen LogP contribution in [0.3, 0.4) is 0 Å². The highest BCUT2D eigenvalue weighted by Gasteiger charge is 2.20. The molecule has 0 aromatic carbocycles. The van der Waals surface area contributed by atoms with Gasteiger partial charge in [-0.15, -0.1) is 0 Å². The first-order valence-electron chi connectivity index (χ1n) is 33.3. The Morgan fingerprint density at radius 2 is 0.569 bits per heavy atom. The summed E-state index contributed by atoms with van der Waals surface area (Å²) in [6.07, 6.45) is 74.2. The normalized spacial score (nSPS) is 12.4. The number of amides is 1. The monoisotopic (exact) mass is 1020 g/mol. The minimum Gasteiger partial charge on any atom is -0.466 e. The zero-order valence-electron chi connectivity index (χ0n) is 49.2. The molecular formula is C66H131NO5. The zero-order chi connectivity index (χ0) is 52.2. The highest BCUT2D eigenvalue weighted by molar-refractivity contribution is 5.76. The van der Waals surface area contributed by atoms with Crippen LogP contribution in [0.1, 0.15) is 386 Å². The molecule has 1 amide bonds. The molecule has 0 bridgehead atoms. The minimum absolute atomic E-state index is 0.0218. The standard InChI is InChI=1S/C66H131NO5/c1-3-5-7-9-11-13-15-17-18-32-36-40-44-48-52-56-60-66(71)72-61-57-53-49-45-41-37-33-30-28-26-24-22-20-19-21-23-25-27-29-31-35-39-43-47-51-55-59-65(70)67-63(62-68)64(69)58-54-50-46-42-38-34-16-14-12-10-8-6-4-2/h63-64,68-69H,3-62H2,1-2H3,(H,67,70). The zero-order valence-corrected chi connectivity index (χ0v) is 49.2. The van der Waals surface area contributed by atoms with E-state index in [-0.39, 0.29) is 18.5 Å². The molecule has 0 aromatic rings. The van der Waals surface area contributed by atoms with Crippen molar-refractivity contribution in [1.82, 2.24) is 5.32 Å². The Labute approximate surface area is 451 Å². The summed E-state index contributed by atoms with van der Waals surface area (Å²) >= 11 is 0. The van der Waals surface area contributed by atoms with Crippen molar-refractivity contribution in [3.8, 4) is 0 Å². The quantitative estimate of drug-likeness (QED) is 0.0417. The molecule has 430 valence electrons. The fraction of sp³-hybridized carbons (Fsp3) is 0.970. The number of carbonyl (C=O) groups is 2. The molecule has 3 N–H and O–H groups in total. The molecule has 0 rings (SSSR count). The molecule has 0 saturated carbocycles. The summed E-state index contributed by atoms with van der Waals surface area (Å²) in [5.74, 6) is -0.00830. The summed E-state index contributed by atoms with van der Waals surface area (Å²) in [5, 5.41) is 23.3. The predicted molar refractivity (Wildman–Crippen MR) is 315 cm³/mol. The van der Waals surface area contributed by atoms with Crippen LogP contribution in [0.4, 0.5) is 0 Å². The number of carbonyl (C=O) groups excluding carboxylic acids is 2. The fourth-order valence-corrected chi connectivity index (χ4v) is 10.8. The molecular weight excluding hydrogens is 887 g/mol. The lowest BCUT2D eigenvalue weighted by Crippen LogP contribution is -2.45. The topological polar surface area (TPSA) is 95.9 Å². The van der Waals surface area contributed by atoms with E-state index in [2.05, 4.69) is 19.2 Å². The van der Waals surface area contributed by atoms with E-state index in [0.717, 1.165) is 38.5 Å². The third-order valence-electron chi connectivity index (χ3n) is 15.9. The summed E-state index contributed by atoms with van der Waals surface area (Å²) < 4.78 is 5.50. The van der Waals surface area contributed by atoms with Crippen LogP contribution < -0.4 is 5.32 Å². The molecule has 0 radical (unpaired) electrons. The molecule has 0 fully saturated rings. The van der Waals surface area contributed by atoms with Crippen LogP contribution in [0.25, 0.3) is 0 Å². The molecule has 6 nitrogen and oxygen atoms in total. The van der Waals surface area contributed by atoms with Crippen molar-refractivity contribution >= 4 is 11.9 Å². The molecule has 0 aliphatic rings. The van der Waals surface area contributed by atoms with Gasteiger partial charge in [-0.2, -0.15) is 0 Å². The largest absolute Gasteiger partial charge is 0.466 e. The number of hydrogen-bond acceptors (Lipinski definition) is 5. The van der Waals surface area contributed by atoms with Crippen molar-refractivity contribution < 1.29 is 24.5 Å². The maximum absolute atomic E-state index is 12.5. The van der Waals surface area contributed by atoms with E-state index in [0.29, 0.717) is 25.9 Å². The van der Waals surface area contributed by atoms with Crippen LogP contribution in [-0.2, 0) is 14.3 Å². The summed E-state index contributed by atoms with van der Waals surface area (Å²) in [4.78, 5) is 24.6. The molecule has 2 atom stereocenters. The minimum atomic E-state index is -0.660. The molecule has 0 spiro atoms. The lowest BCUT2D eigenvalue weighted by atomic mass is 10.0. The first kappa shape index (κ1) is 70.9. The first-order valence-corrected chi connectivity index (χ1v) is 33.3. The molecule has 0 aromatic heterocycles. The summed E-state index contributed by atoms with van der Waals surface area (Å²) in [5.41, 5.74) is 0. The molecule has 0 heterocycles. The number of unbranched alkanes of at least 4 members (excludes halogenated alkanes) is 52. The lowest BCUT2D eigenvalue weighted by molar-refractivity contribution is -0.143. The van der Waals surface area contributed by atoms with E-state index >= 15 is 0 Å². The van der Waals surface area contributed by atoms with Gasteiger partial charge in [-0.25, -0.2) is 0 Å². The van der Waals surface area contributed by atoms with Crippen molar-refractivity contribution in [3.63, 3.8) is 0 Å². The third-order valence-corrected chi connectivity index (χ3v) is 15.9. The Bertz CT molecular complexity index is 1040. The number of esters is 1. The van der Waals surface area contributed by atoms with Crippen molar-refractivity contribution in [1.29, 1.82) is 0 Å². The van der Waals surface area contributed by atoms with Gasteiger partial charge in [-0.3, -0.25) is 9.59 Å². The predicted octanol–water partition coefficient (Wildman–Crippen LogP) is 21.0. The van der Waals surface area contributed by atoms with Gasteiger partial charge in [0.15, 0.2) is 0 Å². The summed E-state index contributed by atoms with van der Waals surface area (Å²) in [7, 11) is 0. The second kappa shape index (κ2) is 62.4. The van der Waals surface area contributed by atoms with Crippen LogP contribution in [-0.4, -0.2) is 47.4 Å².